The van der Waals surface area contributed by atoms with E-state index in [0.717, 1.165) is 5.56 Å². The molecule has 1 aliphatic rings. The second kappa shape index (κ2) is 2.90. The van der Waals surface area contributed by atoms with E-state index in [2.05, 4.69) is 4.85 Å². The molecule has 0 bridgehead atoms. The molecule has 1 heterocycles. The third-order valence-electron chi connectivity index (χ3n) is 1.90. The van der Waals surface area contributed by atoms with Crippen LogP contribution in [-0.2, 0) is 4.74 Å². The topological polar surface area (TPSA) is 40.7 Å². The first kappa shape index (κ1) is 7.79. The van der Waals surface area contributed by atoms with Gasteiger partial charge in [0.15, 0.2) is 5.69 Å². The number of epoxide rings is 1. The number of nitriles is 1. The molecular weight excluding hydrogens is 164 g/mol. The summed E-state index contributed by atoms with van der Waals surface area (Å²) in [7, 11) is 0. The van der Waals surface area contributed by atoms with Gasteiger partial charge in [-0.1, -0.05) is 6.07 Å². The van der Waals surface area contributed by atoms with Crippen LogP contribution in [-0.4, -0.2) is 6.61 Å². The predicted molar refractivity (Wildman–Crippen MR) is 46.1 cm³/mol. The zero-order valence-electron chi connectivity index (χ0n) is 6.82. The highest BCUT2D eigenvalue weighted by molar-refractivity contribution is 5.53. The molecule has 1 atom stereocenters. The van der Waals surface area contributed by atoms with E-state index < -0.39 is 0 Å². The standard InChI is InChI=1S/C10H6N2O/c1-12-9-3-7(5-11)2-8(4-9)10-6-13-10/h2-4,10H,6H2. The van der Waals surface area contributed by atoms with E-state index in [0.29, 0.717) is 17.9 Å². The predicted octanol–water partition coefficient (Wildman–Crippen LogP) is 2.18. The molecule has 3 heteroatoms. The molecule has 0 N–H and O–H groups in total. The van der Waals surface area contributed by atoms with Gasteiger partial charge < -0.3 is 4.74 Å². The maximum absolute atomic E-state index is 8.69. The molecule has 0 radical (unpaired) electrons. The van der Waals surface area contributed by atoms with Gasteiger partial charge in [-0.15, -0.1) is 0 Å². The van der Waals surface area contributed by atoms with Gasteiger partial charge in [0.1, 0.15) is 6.10 Å². The van der Waals surface area contributed by atoms with E-state index in [1.807, 2.05) is 6.07 Å². The lowest BCUT2D eigenvalue weighted by Crippen LogP contribution is -1.82. The largest absolute Gasteiger partial charge is 0.368 e. The van der Waals surface area contributed by atoms with Crippen molar-refractivity contribution in [3.63, 3.8) is 0 Å². The molecule has 1 aromatic carbocycles. The van der Waals surface area contributed by atoms with Crippen LogP contribution in [0.5, 0.6) is 0 Å². The average Bonchev–Trinajstić information content (AvgIpc) is 3.00. The van der Waals surface area contributed by atoms with Crippen LogP contribution in [0.2, 0.25) is 0 Å². The summed E-state index contributed by atoms with van der Waals surface area (Å²) in [6, 6.07) is 7.15. The van der Waals surface area contributed by atoms with Gasteiger partial charge >= 0.3 is 0 Å². The summed E-state index contributed by atoms with van der Waals surface area (Å²) in [5.41, 5.74) is 1.97. The Morgan fingerprint density at radius 1 is 1.54 bits per heavy atom. The van der Waals surface area contributed by atoms with Gasteiger partial charge in [-0.05, 0) is 17.7 Å². The van der Waals surface area contributed by atoms with Gasteiger partial charge in [-0.3, -0.25) is 0 Å². The van der Waals surface area contributed by atoms with Crippen molar-refractivity contribution in [2.24, 2.45) is 0 Å². The van der Waals surface area contributed by atoms with Crippen molar-refractivity contribution in [3.8, 4) is 6.07 Å². The summed E-state index contributed by atoms with van der Waals surface area (Å²) in [6.07, 6.45) is 0.105. The number of rotatable bonds is 1. The van der Waals surface area contributed by atoms with Crippen LogP contribution in [0, 0.1) is 17.9 Å². The third kappa shape index (κ3) is 1.51. The smallest absolute Gasteiger partial charge is 0.188 e. The van der Waals surface area contributed by atoms with Gasteiger partial charge in [0.2, 0.25) is 0 Å². The minimum Gasteiger partial charge on any atom is -0.368 e. The van der Waals surface area contributed by atoms with E-state index in [1.165, 1.54) is 0 Å². The second-order valence-corrected chi connectivity index (χ2v) is 2.86. The van der Waals surface area contributed by atoms with Gasteiger partial charge in [0.25, 0.3) is 0 Å². The van der Waals surface area contributed by atoms with Crippen LogP contribution in [0.1, 0.15) is 17.2 Å². The third-order valence-corrected chi connectivity index (χ3v) is 1.90. The molecule has 2 rings (SSSR count). The first-order valence-corrected chi connectivity index (χ1v) is 3.87. The Bertz CT molecular complexity index is 389. The summed E-state index contributed by atoms with van der Waals surface area (Å²) in [4.78, 5) is 3.29. The molecule has 13 heavy (non-hydrogen) atoms. The van der Waals surface area contributed by atoms with E-state index >= 15 is 0 Å². The van der Waals surface area contributed by atoms with Crippen molar-refractivity contribution in [2.45, 2.75) is 6.10 Å². The maximum atomic E-state index is 8.69. The van der Waals surface area contributed by atoms with Crippen molar-refractivity contribution >= 4 is 5.69 Å². The fourth-order valence-electron chi connectivity index (χ4n) is 1.19. The number of hydrogen-bond acceptors (Lipinski definition) is 2. The first-order chi connectivity index (χ1) is 6.33. The summed E-state index contributed by atoms with van der Waals surface area (Å²) < 4.78 is 5.08. The molecule has 0 amide bonds. The highest BCUT2D eigenvalue weighted by Crippen LogP contribution is 2.32. The molecule has 0 aliphatic carbocycles. The molecular formula is C10H6N2O. The zero-order valence-corrected chi connectivity index (χ0v) is 6.82. The van der Waals surface area contributed by atoms with Gasteiger partial charge in [0, 0.05) is 5.56 Å². The fourth-order valence-corrected chi connectivity index (χ4v) is 1.19. The van der Waals surface area contributed by atoms with Crippen molar-refractivity contribution in [2.75, 3.05) is 6.61 Å². The summed E-state index contributed by atoms with van der Waals surface area (Å²) in [6.45, 7) is 7.55. The number of benzene rings is 1. The van der Waals surface area contributed by atoms with Crippen LogP contribution in [0.15, 0.2) is 18.2 Å². The highest BCUT2D eigenvalue weighted by atomic mass is 16.6. The molecule has 1 aliphatic heterocycles. The van der Waals surface area contributed by atoms with Crippen LogP contribution < -0.4 is 0 Å². The number of nitrogens with zero attached hydrogens (tertiary/aromatic N) is 2. The molecule has 0 saturated carbocycles. The van der Waals surface area contributed by atoms with Gasteiger partial charge in [-0.2, -0.15) is 5.26 Å². The lowest BCUT2D eigenvalue weighted by atomic mass is 10.1. The van der Waals surface area contributed by atoms with Crippen molar-refractivity contribution in [1.29, 1.82) is 5.26 Å². The Morgan fingerprint density at radius 3 is 2.85 bits per heavy atom. The minimum absolute atomic E-state index is 0.105. The van der Waals surface area contributed by atoms with Crippen LogP contribution in [0.25, 0.3) is 4.85 Å². The van der Waals surface area contributed by atoms with Crippen LogP contribution in [0.3, 0.4) is 0 Å². The Labute approximate surface area is 76.0 Å². The Morgan fingerprint density at radius 2 is 2.31 bits per heavy atom. The van der Waals surface area contributed by atoms with Crippen LogP contribution >= 0.6 is 0 Å². The SMILES string of the molecule is [C-]#[N+]c1cc(C#N)cc(C2CO2)c1. The number of ether oxygens (including phenoxy) is 1. The summed E-state index contributed by atoms with van der Waals surface area (Å²) in [5, 5.41) is 8.69. The first-order valence-electron chi connectivity index (χ1n) is 3.87. The highest BCUT2D eigenvalue weighted by Gasteiger charge is 2.25. The molecule has 0 spiro atoms. The summed E-state index contributed by atoms with van der Waals surface area (Å²) >= 11 is 0. The number of hydrogen-bond donors (Lipinski definition) is 0. The van der Waals surface area contributed by atoms with E-state index in [9.17, 15) is 0 Å². The molecule has 1 saturated heterocycles. The molecule has 1 unspecified atom stereocenters. The lowest BCUT2D eigenvalue weighted by molar-refractivity contribution is 0.415. The van der Waals surface area contributed by atoms with Crippen LogP contribution in [0.4, 0.5) is 5.69 Å². The maximum Gasteiger partial charge on any atom is 0.188 e. The Kier molecular flexibility index (Phi) is 1.73. The van der Waals surface area contributed by atoms with Gasteiger partial charge in [-0.25, -0.2) is 4.85 Å². The Hall–Kier alpha value is -1.84. The quantitative estimate of drug-likeness (QED) is 0.478. The lowest BCUT2D eigenvalue weighted by Gasteiger charge is -1.97. The van der Waals surface area contributed by atoms with E-state index in [4.69, 9.17) is 16.6 Å². The van der Waals surface area contributed by atoms with E-state index in [-0.39, 0.29) is 6.10 Å². The molecule has 1 aromatic rings. The molecule has 62 valence electrons. The van der Waals surface area contributed by atoms with E-state index in [1.54, 1.807) is 18.2 Å². The minimum atomic E-state index is 0.105. The summed E-state index contributed by atoms with van der Waals surface area (Å²) in [5.74, 6) is 0. The molecule has 1 fully saturated rings. The van der Waals surface area contributed by atoms with Gasteiger partial charge in [0.05, 0.1) is 19.2 Å². The van der Waals surface area contributed by atoms with Crippen molar-refractivity contribution in [1.82, 2.24) is 0 Å². The normalized spacial score (nSPS) is 18.8. The monoisotopic (exact) mass is 170 g/mol. The molecule has 0 aromatic heterocycles. The second-order valence-electron chi connectivity index (χ2n) is 2.86. The van der Waals surface area contributed by atoms with Crippen molar-refractivity contribution in [3.05, 3.63) is 40.7 Å². The zero-order chi connectivity index (χ0) is 9.26. The van der Waals surface area contributed by atoms with Crippen molar-refractivity contribution < 1.29 is 4.74 Å². The fraction of sp³-hybridized carbons (Fsp3) is 0.200. The molecule has 3 nitrogen and oxygen atoms in total. The average molecular weight is 170 g/mol. The Balaban J connectivity index is 2.47.